The minimum absolute atomic E-state index is 0.504. The highest BCUT2D eigenvalue weighted by molar-refractivity contribution is 4.79. The fraction of sp³-hybridized carbons (Fsp3) is 1.00. The van der Waals surface area contributed by atoms with E-state index in [2.05, 4.69) is 18.7 Å². The van der Waals surface area contributed by atoms with Gasteiger partial charge in [0.1, 0.15) is 6.17 Å². The number of nitrogens with zero attached hydrogens (tertiary/aromatic N) is 1. The van der Waals surface area contributed by atoms with Gasteiger partial charge >= 0.3 is 0 Å². The van der Waals surface area contributed by atoms with Crippen molar-refractivity contribution in [1.29, 1.82) is 0 Å². The molecule has 0 radical (unpaired) electrons. The maximum Gasteiger partial charge on any atom is 0.100 e. The van der Waals surface area contributed by atoms with Crippen LogP contribution in [-0.4, -0.2) is 30.7 Å². The number of alkyl halides is 1. The van der Waals surface area contributed by atoms with Crippen LogP contribution in [0.1, 0.15) is 46.0 Å². The van der Waals surface area contributed by atoms with Gasteiger partial charge in [0.25, 0.3) is 0 Å². The number of halogens is 1. The molecule has 2 heteroatoms. The molecule has 1 aliphatic heterocycles. The Balaban J connectivity index is 1.76. The van der Waals surface area contributed by atoms with E-state index in [-0.39, 0.29) is 0 Å². The Morgan fingerprint density at radius 2 is 1.56 bits per heavy atom. The van der Waals surface area contributed by atoms with E-state index >= 15 is 0 Å². The summed E-state index contributed by atoms with van der Waals surface area (Å²) in [6, 6.07) is 0. The summed E-state index contributed by atoms with van der Waals surface area (Å²) >= 11 is 0. The van der Waals surface area contributed by atoms with Gasteiger partial charge in [0.05, 0.1) is 0 Å². The van der Waals surface area contributed by atoms with Crippen molar-refractivity contribution in [2.75, 3.05) is 19.6 Å². The highest BCUT2D eigenvalue weighted by Gasteiger charge is 2.26. The largest absolute Gasteiger partial charge is 0.303 e. The van der Waals surface area contributed by atoms with Crippen LogP contribution in [0.3, 0.4) is 0 Å². The standard InChI is InChI=1S/C14H26FN/c1-11-7-12(2)9-16(8-11)10-13-3-5-14(15)6-4-13/h11-14H,3-10H2,1-2H3. The summed E-state index contributed by atoms with van der Waals surface area (Å²) in [5.41, 5.74) is 0. The van der Waals surface area contributed by atoms with Gasteiger partial charge in [-0.15, -0.1) is 0 Å². The van der Waals surface area contributed by atoms with Gasteiger partial charge in [-0.3, -0.25) is 0 Å². The Morgan fingerprint density at radius 1 is 1.00 bits per heavy atom. The smallest absolute Gasteiger partial charge is 0.100 e. The summed E-state index contributed by atoms with van der Waals surface area (Å²) in [5, 5.41) is 0. The van der Waals surface area contributed by atoms with Crippen molar-refractivity contribution in [3.8, 4) is 0 Å². The number of rotatable bonds is 2. The normalized spacial score (nSPS) is 42.2. The van der Waals surface area contributed by atoms with Crippen LogP contribution in [0, 0.1) is 17.8 Å². The van der Waals surface area contributed by atoms with Crippen LogP contribution in [0.5, 0.6) is 0 Å². The second-order valence-electron chi connectivity index (χ2n) is 6.28. The molecule has 1 heterocycles. The minimum atomic E-state index is -0.504. The zero-order valence-corrected chi connectivity index (χ0v) is 10.8. The van der Waals surface area contributed by atoms with E-state index in [9.17, 15) is 4.39 Å². The highest BCUT2D eigenvalue weighted by Crippen LogP contribution is 2.29. The van der Waals surface area contributed by atoms with Crippen LogP contribution in [0.4, 0.5) is 4.39 Å². The molecule has 1 aliphatic carbocycles. The zero-order chi connectivity index (χ0) is 11.5. The number of hydrogen-bond donors (Lipinski definition) is 0. The Hall–Kier alpha value is -0.110. The maximum absolute atomic E-state index is 13.0. The average molecular weight is 227 g/mol. The molecular formula is C14H26FN. The first-order valence-corrected chi connectivity index (χ1v) is 7.00. The molecular weight excluding hydrogens is 201 g/mol. The second-order valence-corrected chi connectivity index (χ2v) is 6.28. The van der Waals surface area contributed by atoms with Gasteiger partial charge in [0.2, 0.25) is 0 Å². The summed E-state index contributed by atoms with van der Waals surface area (Å²) in [5.74, 6) is 2.46. The van der Waals surface area contributed by atoms with Crippen molar-refractivity contribution in [3.63, 3.8) is 0 Å². The number of hydrogen-bond acceptors (Lipinski definition) is 1. The second kappa shape index (κ2) is 5.48. The topological polar surface area (TPSA) is 3.24 Å². The van der Waals surface area contributed by atoms with E-state index in [0.717, 1.165) is 43.4 Å². The molecule has 0 aromatic carbocycles. The third kappa shape index (κ3) is 3.44. The fourth-order valence-electron chi connectivity index (χ4n) is 3.61. The molecule has 2 atom stereocenters. The van der Waals surface area contributed by atoms with Gasteiger partial charge in [0.15, 0.2) is 0 Å². The number of piperidine rings is 1. The van der Waals surface area contributed by atoms with Crippen molar-refractivity contribution in [1.82, 2.24) is 4.90 Å². The SMILES string of the molecule is CC1CC(C)CN(CC2CCC(F)CC2)C1. The van der Waals surface area contributed by atoms with Gasteiger partial charge in [-0.05, 0) is 49.9 Å². The predicted molar refractivity (Wildman–Crippen MR) is 66.2 cm³/mol. The van der Waals surface area contributed by atoms with E-state index in [0.29, 0.717) is 0 Å². The van der Waals surface area contributed by atoms with Crippen molar-refractivity contribution >= 4 is 0 Å². The first kappa shape index (κ1) is 12.3. The van der Waals surface area contributed by atoms with Gasteiger partial charge in [-0.1, -0.05) is 13.8 Å². The molecule has 0 bridgehead atoms. The van der Waals surface area contributed by atoms with Crippen LogP contribution in [0.15, 0.2) is 0 Å². The van der Waals surface area contributed by atoms with Gasteiger partial charge < -0.3 is 4.90 Å². The lowest BCUT2D eigenvalue weighted by Gasteiger charge is -2.38. The molecule has 94 valence electrons. The molecule has 0 aromatic rings. The number of likely N-dealkylation sites (tertiary alicyclic amines) is 1. The Kier molecular flexibility index (Phi) is 4.23. The lowest BCUT2D eigenvalue weighted by molar-refractivity contribution is 0.100. The van der Waals surface area contributed by atoms with Crippen LogP contribution < -0.4 is 0 Å². The van der Waals surface area contributed by atoms with Crippen molar-refractivity contribution in [2.45, 2.75) is 52.1 Å². The summed E-state index contributed by atoms with van der Waals surface area (Å²) in [7, 11) is 0. The molecule has 16 heavy (non-hydrogen) atoms. The molecule has 2 rings (SSSR count). The van der Waals surface area contributed by atoms with E-state index < -0.39 is 6.17 Å². The van der Waals surface area contributed by atoms with Crippen molar-refractivity contribution in [3.05, 3.63) is 0 Å². The van der Waals surface area contributed by atoms with Crippen molar-refractivity contribution < 1.29 is 4.39 Å². The van der Waals surface area contributed by atoms with Crippen LogP contribution >= 0.6 is 0 Å². The highest BCUT2D eigenvalue weighted by atomic mass is 19.1. The average Bonchev–Trinajstić information content (AvgIpc) is 2.20. The Bertz CT molecular complexity index is 201. The molecule has 0 N–H and O–H groups in total. The first-order chi connectivity index (χ1) is 7.63. The molecule has 1 saturated carbocycles. The van der Waals surface area contributed by atoms with E-state index in [4.69, 9.17) is 0 Å². The molecule has 1 nitrogen and oxygen atoms in total. The molecule has 0 aromatic heterocycles. The monoisotopic (exact) mass is 227 g/mol. The van der Waals surface area contributed by atoms with Gasteiger partial charge in [0, 0.05) is 19.6 Å². The Morgan fingerprint density at radius 3 is 2.12 bits per heavy atom. The van der Waals surface area contributed by atoms with Gasteiger partial charge in [-0.2, -0.15) is 0 Å². The van der Waals surface area contributed by atoms with E-state index in [1.165, 1.54) is 26.1 Å². The van der Waals surface area contributed by atoms with Crippen molar-refractivity contribution in [2.24, 2.45) is 17.8 Å². The fourth-order valence-corrected chi connectivity index (χ4v) is 3.61. The summed E-state index contributed by atoms with van der Waals surface area (Å²) < 4.78 is 13.0. The van der Waals surface area contributed by atoms with Crippen LogP contribution in [0.25, 0.3) is 0 Å². The molecule has 2 fully saturated rings. The summed E-state index contributed by atoms with van der Waals surface area (Å²) in [4.78, 5) is 2.63. The van der Waals surface area contributed by atoms with E-state index in [1.54, 1.807) is 0 Å². The van der Waals surface area contributed by atoms with Crippen LogP contribution in [-0.2, 0) is 0 Å². The lowest BCUT2D eigenvalue weighted by Crippen LogP contribution is -2.41. The van der Waals surface area contributed by atoms with Gasteiger partial charge in [-0.25, -0.2) is 4.39 Å². The maximum atomic E-state index is 13.0. The Labute approximate surface area is 99.4 Å². The lowest BCUT2D eigenvalue weighted by atomic mass is 9.86. The molecule has 2 aliphatic rings. The summed E-state index contributed by atoms with van der Waals surface area (Å²) in [6.07, 6.45) is 4.72. The molecule has 0 spiro atoms. The molecule has 1 saturated heterocycles. The zero-order valence-electron chi connectivity index (χ0n) is 10.8. The predicted octanol–water partition coefficient (Wildman–Crippen LogP) is 3.49. The van der Waals surface area contributed by atoms with E-state index in [1.807, 2.05) is 0 Å². The third-order valence-electron chi connectivity index (χ3n) is 4.24. The quantitative estimate of drug-likeness (QED) is 0.698. The summed E-state index contributed by atoms with van der Waals surface area (Å²) in [6.45, 7) is 8.48. The van der Waals surface area contributed by atoms with Crippen LogP contribution in [0.2, 0.25) is 0 Å². The first-order valence-electron chi connectivity index (χ1n) is 7.00. The third-order valence-corrected chi connectivity index (χ3v) is 4.24. The molecule has 2 unspecified atom stereocenters. The molecule has 0 amide bonds. The minimum Gasteiger partial charge on any atom is -0.303 e.